The molecule has 0 fully saturated rings. The SMILES string of the molecule is CC.CCC(C)C.CCc1cccc(C)c1C. The first kappa shape index (κ1) is 18.6. The summed E-state index contributed by atoms with van der Waals surface area (Å²) in [5.74, 6) is 0.884. The summed E-state index contributed by atoms with van der Waals surface area (Å²) in [7, 11) is 0. The zero-order valence-electron chi connectivity index (χ0n) is 13.2. The van der Waals surface area contributed by atoms with Gasteiger partial charge in [-0.15, -0.1) is 0 Å². The molecule has 1 aromatic rings. The van der Waals surface area contributed by atoms with Crippen molar-refractivity contribution in [3.63, 3.8) is 0 Å². The molecule has 1 aromatic carbocycles. The highest BCUT2D eigenvalue weighted by molar-refractivity contribution is 5.32. The van der Waals surface area contributed by atoms with Gasteiger partial charge in [0, 0.05) is 0 Å². The molecule has 0 spiro atoms. The Kier molecular flexibility index (Phi) is 12.8. The van der Waals surface area contributed by atoms with Crippen LogP contribution in [0, 0.1) is 19.8 Å². The van der Waals surface area contributed by atoms with Crippen molar-refractivity contribution < 1.29 is 0 Å². The van der Waals surface area contributed by atoms with E-state index in [1.165, 1.54) is 23.1 Å². The van der Waals surface area contributed by atoms with Crippen molar-refractivity contribution in [3.05, 3.63) is 34.9 Å². The predicted molar refractivity (Wildman–Crippen MR) is 81.8 cm³/mol. The summed E-state index contributed by atoms with van der Waals surface area (Å²) in [5.41, 5.74) is 4.32. The predicted octanol–water partition coefficient (Wildman–Crippen LogP) is 5.94. The molecule has 0 saturated carbocycles. The molecular weight excluding hydrogens is 204 g/mol. The molecule has 0 aliphatic rings. The van der Waals surface area contributed by atoms with Gasteiger partial charge in [0.05, 0.1) is 0 Å². The molecule has 0 heterocycles. The average Bonchev–Trinajstić information content (AvgIpc) is 2.36. The maximum atomic E-state index is 2.22. The summed E-state index contributed by atoms with van der Waals surface area (Å²) in [6, 6.07) is 6.48. The largest absolute Gasteiger partial charge is 0.0683 e. The third-order valence-corrected chi connectivity index (χ3v) is 2.91. The first-order chi connectivity index (χ1) is 8.02. The molecule has 1 rings (SSSR count). The number of rotatable bonds is 2. The topological polar surface area (TPSA) is 0 Å². The third-order valence-electron chi connectivity index (χ3n) is 2.91. The molecule has 0 bridgehead atoms. The van der Waals surface area contributed by atoms with E-state index in [0.29, 0.717) is 0 Å². The molecule has 0 saturated heterocycles. The number of hydrogen-bond acceptors (Lipinski definition) is 0. The average molecular weight is 236 g/mol. The maximum Gasteiger partial charge on any atom is -0.0305 e. The number of benzene rings is 1. The van der Waals surface area contributed by atoms with E-state index in [1.54, 1.807) is 0 Å². The van der Waals surface area contributed by atoms with Gasteiger partial charge in [-0.25, -0.2) is 0 Å². The van der Waals surface area contributed by atoms with Crippen LogP contribution in [-0.2, 0) is 6.42 Å². The Hall–Kier alpha value is -0.780. The van der Waals surface area contributed by atoms with Crippen LogP contribution in [0.4, 0.5) is 0 Å². The van der Waals surface area contributed by atoms with Crippen LogP contribution < -0.4 is 0 Å². The summed E-state index contributed by atoms with van der Waals surface area (Å²) in [6.45, 7) is 17.2. The Morgan fingerprint density at radius 3 is 1.76 bits per heavy atom. The van der Waals surface area contributed by atoms with E-state index in [-0.39, 0.29) is 0 Å². The Bertz CT molecular complexity index is 271. The van der Waals surface area contributed by atoms with Gasteiger partial charge < -0.3 is 0 Å². The fourth-order valence-electron chi connectivity index (χ4n) is 1.19. The lowest BCUT2D eigenvalue weighted by Gasteiger charge is -2.04. The van der Waals surface area contributed by atoms with Crippen molar-refractivity contribution >= 4 is 0 Å². The second kappa shape index (κ2) is 11.7. The van der Waals surface area contributed by atoms with Crippen LogP contribution in [0.2, 0.25) is 0 Å². The quantitative estimate of drug-likeness (QED) is 0.595. The molecule has 0 atom stereocenters. The van der Waals surface area contributed by atoms with Crippen LogP contribution in [0.3, 0.4) is 0 Å². The fourth-order valence-corrected chi connectivity index (χ4v) is 1.19. The molecule has 100 valence electrons. The standard InChI is InChI=1S/C10H14.C5H12.C2H6/c1-4-10-7-5-6-8(2)9(10)3;1-4-5(2)3;1-2/h5-7H,4H2,1-3H3;5H,4H2,1-3H3;1-2H3. The van der Waals surface area contributed by atoms with Crippen LogP contribution in [0.5, 0.6) is 0 Å². The molecule has 0 N–H and O–H groups in total. The first-order valence-electron chi connectivity index (χ1n) is 7.07. The van der Waals surface area contributed by atoms with Crippen molar-refractivity contribution in [1.29, 1.82) is 0 Å². The van der Waals surface area contributed by atoms with Gasteiger partial charge in [0.1, 0.15) is 0 Å². The van der Waals surface area contributed by atoms with Gasteiger partial charge in [0.15, 0.2) is 0 Å². The minimum absolute atomic E-state index is 0.884. The lowest BCUT2D eigenvalue weighted by molar-refractivity contribution is 0.626. The second-order valence-electron chi connectivity index (χ2n) is 4.51. The summed E-state index contributed by atoms with van der Waals surface area (Å²) < 4.78 is 0. The van der Waals surface area contributed by atoms with Crippen molar-refractivity contribution in [3.8, 4) is 0 Å². The molecule has 0 amide bonds. The van der Waals surface area contributed by atoms with Gasteiger partial charge in [-0.1, -0.05) is 66.2 Å². The van der Waals surface area contributed by atoms with E-state index in [4.69, 9.17) is 0 Å². The van der Waals surface area contributed by atoms with Crippen LogP contribution in [0.1, 0.15) is 64.7 Å². The van der Waals surface area contributed by atoms with Crippen LogP contribution in [-0.4, -0.2) is 0 Å². The monoisotopic (exact) mass is 236 g/mol. The van der Waals surface area contributed by atoms with E-state index in [2.05, 4.69) is 59.7 Å². The zero-order valence-corrected chi connectivity index (χ0v) is 13.2. The number of aryl methyl sites for hydroxylation is 2. The van der Waals surface area contributed by atoms with E-state index < -0.39 is 0 Å². The molecule has 17 heavy (non-hydrogen) atoms. The Morgan fingerprint density at radius 2 is 1.47 bits per heavy atom. The van der Waals surface area contributed by atoms with E-state index >= 15 is 0 Å². The van der Waals surface area contributed by atoms with Crippen molar-refractivity contribution in [1.82, 2.24) is 0 Å². The lowest BCUT2D eigenvalue weighted by Crippen LogP contribution is -1.88. The zero-order chi connectivity index (χ0) is 13.8. The maximum absolute atomic E-state index is 2.22. The summed E-state index contributed by atoms with van der Waals surface area (Å²) in [6.07, 6.45) is 2.45. The van der Waals surface area contributed by atoms with Crippen LogP contribution >= 0.6 is 0 Å². The smallest absolute Gasteiger partial charge is 0.0305 e. The lowest BCUT2D eigenvalue weighted by atomic mass is 10.0. The van der Waals surface area contributed by atoms with Crippen molar-refractivity contribution in [2.24, 2.45) is 5.92 Å². The van der Waals surface area contributed by atoms with Crippen LogP contribution in [0.15, 0.2) is 18.2 Å². The summed E-state index contributed by atoms with van der Waals surface area (Å²) in [4.78, 5) is 0. The molecule has 0 aliphatic carbocycles. The third kappa shape index (κ3) is 8.97. The summed E-state index contributed by atoms with van der Waals surface area (Å²) in [5, 5.41) is 0. The normalized spacial score (nSPS) is 9.00. The van der Waals surface area contributed by atoms with Gasteiger partial charge in [-0.05, 0) is 42.9 Å². The van der Waals surface area contributed by atoms with Gasteiger partial charge in [-0.2, -0.15) is 0 Å². The Labute approximate surface area is 109 Å². The van der Waals surface area contributed by atoms with Gasteiger partial charge >= 0.3 is 0 Å². The van der Waals surface area contributed by atoms with Gasteiger partial charge in [0.2, 0.25) is 0 Å². The molecule has 0 aliphatic heterocycles. The second-order valence-corrected chi connectivity index (χ2v) is 4.51. The fraction of sp³-hybridized carbons (Fsp3) is 0.647. The number of hydrogen-bond donors (Lipinski definition) is 0. The molecule has 0 nitrogen and oxygen atoms in total. The minimum Gasteiger partial charge on any atom is -0.0683 e. The molecule has 0 heteroatoms. The Morgan fingerprint density at radius 1 is 1.00 bits per heavy atom. The minimum atomic E-state index is 0.884. The van der Waals surface area contributed by atoms with Gasteiger partial charge in [-0.3, -0.25) is 0 Å². The summed E-state index contributed by atoms with van der Waals surface area (Å²) >= 11 is 0. The van der Waals surface area contributed by atoms with Crippen LogP contribution in [0.25, 0.3) is 0 Å². The van der Waals surface area contributed by atoms with E-state index in [9.17, 15) is 0 Å². The first-order valence-corrected chi connectivity index (χ1v) is 7.07. The Balaban J connectivity index is 0. The highest BCUT2D eigenvalue weighted by Gasteiger charge is 1.95. The molecular formula is C17H32. The highest BCUT2D eigenvalue weighted by atomic mass is 14.0. The van der Waals surface area contributed by atoms with E-state index in [1.807, 2.05) is 13.8 Å². The van der Waals surface area contributed by atoms with Crippen molar-refractivity contribution in [2.45, 2.75) is 68.2 Å². The molecule has 0 radical (unpaired) electrons. The van der Waals surface area contributed by atoms with Gasteiger partial charge in [0.25, 0.3) is 0 Å². The molecule has 0 unspecified atom stereocenters. The highest BCUT2D eigenvalue weighted by Crippen LogP contribution is 2.12. The molecule has 0 aromatic heterocycles. The van der Waals surface area contributed by atoms with E-state index in [0.717, 1.165) is 12.3 Å². The van der Waals surface area contributed by atoms with Crippen molar-refractivity contribution in [2.75, 3.05) is 0 Å².